The van der Waals surface area contributed by atoms with Crippen molar-refractivity contribution < 1.29 is 14.3 Å². The van der Waals surface area contributed by atoms with Crippen molar-refractivity contribution in [3.05, 3.63) is 69.5 Å². The molecule has 1 aromatic heterocycles. The van der Waals surface area contributed by atoms with Gasteiger partial charge in [-0.2, -0.15) is 5.10 Å². The average Bonchev–Trinajstić information content (AvgIpc) is 2.72. The Bertz CT molecular complexity index is 1110. The molecule has 7 nitrogen and oxygen atoms in total. The average molecular weight is 414 g/mol. The summed E-state index contributed by atoms with van der Waals surface area (Å²) in [4.78, 5) is 24.6. The number of carbonyl (C=O) groups is 1. The van der Waals surface area contributed by atoms with Gasteiger partial charge in [-0.1, -0.05) is 17.7 Å². The Labute approximate surface area is 172 Å². The van der Waals surface area contributed by atoms with Crippen molar-refractivity contribution in [2.75, 3.05) is 19.5 Å². The summed E-state index contributed by atoms with van der Waals surface area (Å²) in [6.07, 6.45) is 0. The van der Waals surface area contributed by atoms with Gasteiger partial charge in [0.1, 0.15) is 6.54 Å². The highest BCUT2D eigenvalue weighted by molar-refractivity contribution is 6.31. The zero-order valence-corrected chi connectivity index (χ0v) is 17.0. The number of rotatable bonds is 6. The van der Waals surface area contributed by atoms with Gasteiger partial charge >= 0.3 is 0 Å². The summed E-state index contributed by atoms with van der Waals surface area (Å²) >= 11 is 6.08. The molecule has 0 spiro atoms. The molecular formula is C21H20ClN3O4. The minimum absolute atomic E-state index is 0.230. The Morgan fingerprint density at radius 2 is 1.86 bits per heavy atom. The molecule has 1 N–H and O–H groups in total. The first-order chi connectivity index (χ1) is 13.9. The van der Waals surface area contributed by atoms with Crippen LogP contribution in [-0.4, -0.2) is 29.9 Å². The van der Waals surface area contributed by atoms with Gasteiger partial charge < -0.3 is 14.8 Å². The van der Waals surface area contributed by atoms with Crippen LogP contribution >= 0.6 is 11.6 Å². The second-order valence-corrected chi connectivity index (χ2v) is 6.65. The number of carbonyl (C=O) groups excluding carboxylic acids is 1. The Hall–Kier alpha value is -3.32. The highest BCUT2D eigenvalue weighted by Crippen LogP contribution is 2.31. The number of halogens is 1. The largest absolute Gasteiger partial charge is 0.493 e. The normalized spacial score (nSPS) is 10.5. The smallest absolute Gasteiger partial charge is 0.267 e. The monoisotopic (exact) mass is 413 g/mol. The maximum atomic E-state index is 12.4. The Balaban J connectivity index is 1.85. The van der Waals surface area contributed by atoms with E-state index in [2.05, 4.69) is 10.4 Å². The zero-order chi connectivity index (χ0) is 21.0. The van der Waals surface area contributed by atoms with Crippen LogP contribution < -0.4 is 20.3 Å². The van der Waals surface area contributed by atoms with Crippen LogP contribution in [0.2, 0.25) is 5.02 Å². The fraction of sp³-hybridized carbons (Fsp3) is 0.190. The predicted octanol–water partition coefficient (Wildman–Crippen LogP) is 3.53. The summed E-state index contributed by atoms with van der Waals surface area (Å²) in [5, 5.41) is 7.63. The molecule has 0 radical (unpaired) electrons. The van der Waals surface area contributed by atoms with E-state index in [0.717, 1.165) is 15.8 Å². The highest BCUT2D eigenvalue weighted by atomic mass is 35.5. The van der Waals surface area contributed by atoms with E-state index in [1.54, 1.807) is 56.5 Å². The van der Waals surface area contributed by atoms with Crippen molar-refractivity contribution in [3.8, 4) is 22.8 Å². The molecule has 0 aliphatic heterocycles. The predicted molar refractivity (Wildman–Crippen MR) is 112 cm³/mol. The first-order valence-corrected chi connectivity index (χ1v) is 9.16. The summed E-state index contributed by atoms with van der Waals surface area (Å²) in [5.74, 6) is 0.744. The maximum absolute atomic E-state index is 12.4. The van der Waals surface area contributed by atoms with Gasteiger partial charge in [-0.05, 0) is 48.9 Å². The first-order valence-electron chi connectivity index (χ1n) is 8.78. The van der Waals surface area contributed by atoms with E-state index in [-0.39, 0.29) is 18.0 Å². The van der Waals surface area contributed by atoms with Gasteiger partial charge in [0.05, 0.1) is 19.9 Å². The van der Waals surface area contributed by atoms with E-state index in [0.29, 0.717) is 27.9 Å². The van der Waals surface area contributed by atoms with Crippen molar-refractivity contribution in [1.82, 2.24) is 9.78 Å². The summed E-state index contributed by atoms with van der Waals surface area (Å²) in [5.41, 5.74) is 2.21. The topological polar surface area (TPSA) is 82.5 Å². The number of hydrogen-bond acceptors (Lipinski definition) is 5. The molecule has 1 amide bonds. The van der Waals surface area contributed by atoms with Gasteiger partial charge in [0.2, 0.25) is 5.91 Å². The quantitative estimate of drug-likeness (QED) is 0.668. The lowest BCUT2D eigenvalue weighted by Crippen LogP contribution is -2.29. The van der Waals surface area contributed by atoms with Crippen LogP contribution in [0.15, 0.2) is 53.3 Å². The standard InChI is InChI=1S/C21H20ClN3O4/c1-13-15(22)5-4-6-16(13)23-20(26)12-25-21(27)10-8-17(24-25)14-7-9-18(28-2)19(11-14)29-3/h4-11H,12H2,1-3H3,(H,23,26). The molecular weight excluding hydrogens is 394 g/mol. The highest BCUT2D eigenvalue weighted by Gasteiger charge is 2.12. The summed E-state index contributed by atoms with van der Waals surface area (Å²) in [6.45, 7) is 1.58. The van der Waals surface area contributed by atoms with Crippen LogP contribution in [0.3, 0.4) is 0 Å². The molecule has 0 unspecified atom stereocenters. The van der Waals surface area contributed by atoms with Gasteiger partial charge in [-0.3, -0.25) is 9.59 Å². The van der Waals surface area contributed by atoms with Crippen LogP contribution in [0, 0.1) is 6.92 Å². The fourth-order valence-electron chi connectivity index (χ4n) is 2.78. The molecule has 29 heavy (non-hydrogen) atoms. The second-order valence-electron chi connectivity index (χ2n) is 6.24. The molecule has 150 valence electrons. The minimum atomic E-state index is -0.382. The molecule has 0 saturated heterocycles. The summed E-state index contributed by atoms with van der Waals surface area (Å²) < 4.78 is 11.7. The van der Waals surface area contributed by atoms with E-state index in [4.69, 9.17) is 21.1 Å². The molecule has 0 atom stereocenters. The van der Waals surface area contributed by atoms with Crippen LogP contribution in [0.4, 0.5) is 5.69 Å². The van der Waals surface area contributed by atoms with Gasteiger partial charge in [-0.15, -0.1) is 0 Å². The lowest BCUT2D eigenvalue weighted by atomic mass is 10.1. The maximum Gasteiger partial charge on any atom is 0.267 e. The van der Waals surface area contributed by atoms with Crippen molar-refractivity contribution in [2.24, 2.45) is 0 Å². The van der Waals surface area contributed by atoms with E-state index in [9.17, 15) is 9.59 Å². The molecule has 0 fully saturated rings. The molecule has 3 aromatic rings. The zero-order valence-electron chi connectivity index (χ0n) is 16.2. The number of amides is 1. The molecule has 8 heteroatoms. The van der Waals surface area contributed by atoms with Crippen LogP contribution in [0.1, 0.15) is 5.56 Å². The molecule has 3 rings (SSSR count). The molecule has 1 heterocycles. The number of benzene rings is 2. The van der Waals surface area contributed by atoms with E-state index >= 15 is 0 Å². The molecule has 0 aliphatic rings. The van der Waals surface area contributed by atoms with Crippen molar-refractivity contribution in [1.29, 1.82) is 0 Å². The summed E-state index contributed by atoms with van der Waals surface area (Å²) in [7, 11) is 3.09. The van der Waals surface area contributed by atoms with E-state index in [1.165, 1.54) is 13.2 Å². The van der Waals surface area contributed by atoms with Crippen molar-refractivity contribution >= 4 is 23.2 Å². The second kappa shape index (κ2) is 8.79. The Morgan fingerprint density at radius 1 is 1.10 bits per heavy atom. The molecule has 0 aliphatic carbocycles. The minimum Gasteiger partial charge on any atom is -0.493 e. The van der Waals surface area contributed by atoms with Gasteiger partial charge in [0.25, 0.3) is 5.56 Å². The third-order valence-electron chi connectivity index (χ3n) is 4.38. The number of aromatic nitrogens is 2. The van der Waals surface area contributed by atoms with Gasteiger partial charge in [0.15, 0.2) is 11.5 Å². The molecule has 2 aromatic carbocycles. The number of nitrogens with zero attached hydrogens (tertiary/aromatic N) is 2. The Morgan fingerprint density at radius 3 is 2.59 bits per heavy atom. The lowest BCUT2D eigenvalue weighted by molar-refractivity contribution is -0.117. The van der Waals surface area contributed by atoms with Crippen LogP contribution in [0.25, 0.3) is 11.3 Å². The Kier molecular flexibility index (Phi) is 6.19. The molecule has 0 saturated carbocycles. The number of anilines is 1. The molecule has 0 bridgehead atoms. The lowest BCUT2D eigenvalue weighted by Gasteiger charge is -2.12. The third-order valence-corrected chi connectivity index (χ3v) is 4.79. The van der Waals surface area contributed by atoms with Gasteiger partial charge in [0, 0.05) is 22.3 Å². The van der Waals surface area contributed by atoms with Gasteiger partial charge in [-0.25, -0.2) is 4.68 Å². The third kappa shape index (κ3) is 4.57. The summed E-state index contributed by atoms with van der Waals surface area (Å²) in [6, 6.07) is 13.5. The van der Waals surface area contributed by atoms with E-state index in [1.807, 2.05) is 0 Å². The van der Waals surface area contributed by atoms with Crippen molar-refractivity contribution in [3.63, 3.8) is 0 Å². The fourth-order valence-corrected chi connectivity index (χ4v) is 2.95. The SMILES string of the molecule is COc1ccc(-c2ccc(=O)n(CC(=O)Nc3cccc(Cl)c3C)n2)cc1OC. The van der Waals surface area contributed by atoms with Crippen LogP contribution in [-0.2, 0) is 11.3 Å². The number of ether oxygens (including phenoxy) is 2. The number of nitrogens with one attached hydrogen (secondary N) is 1. The van der Waals surface area contributed by atoms with E-state index < -0.39 is 0 Å². The van der Waals surface area contributed by atoms with Crippen molar-refractivity contribution in [2.45, 2.75) is 13.5 Å². The first kappa shape index (κ1) is 20.4. The van der Waals surface area contributed by atoms with Crippen LogP contribution in [0.5, 0.6) is 11.5 Å². The number of hydrogen-bond donors (Lipinski definition) is 1. The number of methoxy groups -OCH3 is 2.